The zero-order valence-electron chi connectivity index (χ0n) is 30.6. The molecule has 3 heterocycles. The normalized spacial score (nSPS) is 36.3. The molecule has 1 amide bonds. The van der Waals surface area contributed by atoms with Gasteiger partial charge in [-0.2, -0.15) is 5.26 Å². The number of Topliss-reactive ketones (excluding diaryl/α,β-unsaturated/α-hetero) is 1. The molecule has 272 valence electrons. The number of aryl methyl sites for hydroxylation is 1. The van der Waals surface area contributed by atoms with Gasteiger partial charge in [0.15, 0.2) is 12.1 Å². The SMILES string of the molecule is C=CC(=O)N1CCN(C2C3CC[C@@]4(CCc5ccccc5C4C)C(=O)C3NC(OCC3CCCN3C)N2C2CCCCCCC2)CC1CC#N. The van der Waals surface area contributed by atoms with Crippen molar-refractivity contribution in [3.05, 3.63) is 48.0 Å². The lowest BCUT2D eigenvalue weighted by atomic mass is 9.54. The minimum absolute atomic E-state index is 0.00774. The van der Waals surface area contributed by atoms with Gasteiger partial charge in [-0.3, -0.25) is 19.8 Å². The Morgan fingerprint density at radius 1 is 1.04 bits per heavy atom. The highest BCUT2D eigenvalue weighted by Gasteiger charge is 2.59. The third-order valence-corrected chi connectivity index (χ3v) is 13.9. The molecular formula is C41H60N6O3. The quantitative estimate of drug-likeness (QED) is 0.381. The fraction of sp³-hybridized carbons (Fsp3) is 0.732. The first-order valence-electron chi connectivity index (χ1n) is 19.9. The second-order valence-electron chi connectivity index (χ2n) is 16.4. The van der Waals surface area contributed by atoms with Crippen molar-refractivity contribution < 1.29 is 14.3 Å². The van der Waals surface area contributed by atoms with Gasteiger partial charge >= 0.3 is 0 Å². The minimum atomic E-state index is -0.385. The maximum Gasteiger partial charge on any atom is 0.246 e. The van der Waals surface area contributed by atoms with Crippen LogP contribution in [0.2, 0.25) is 0 Å². The van der Waals surface area contributed by atoms with Crippen LogP contribution in [-0.4, -0.2) is 108 Å². The average Bonchev–Trinajstić information content (AvgIpc) is 3.54. The van der Waals surface area contributed by atoms with E-state index in [1.165, 1.54) is 55.7 Å². The summed E-state index contributed by atoms with van der Waals surface area (Å²) in [7, 11) is 2.21. The number of likely N-dealkylation sites (tertiary alicyclic amines) is 1. The van der Waals surface area contributed by atoms with Crippen molar-refractivity contribution >= 4 is 11.7 Å². The predicted octanol–water partition coefficient (Wildman–Crippen LogP) is 5.42. The van der Waals surface area contributed by atoms with Crippen LogP contribution in [0.25, 0.3) is 0 Å². The number of ether oxygens (including phenoxy) is 1. The first-order chi connectivity index (χ1) is 24.4. The van der Waals surface area contributed by atoms with Crippen LogP contribution < -0.4 is 5.32 Å². The number of benzene rings is 1. The summed E-state index contributed by atoms with van der Waals surface area (Å²) in [5.41, 5.74) is 2.35. The van der Waals surface area contributed by atoms with Crippen LogP contribution in [0.3, 0.4) is 0 Å². The average molecular weight is 685 g/mol. The molecule has 1 aromatic carbocycles. The highest BCUT2D eigenvalue weighted by molar-refractivity contribution is 5.92. The van der Waals surface area contributed by atoms with E-state index < -0.39 is 0 Å². The minimum Gasteiger partial charge on any atom is -0.348 e. The van der Waals surface area contributed by atoms with Crippen LogP contribution in [0.5, 0.6) is 0 Å². The number of nitrogens with one attached hydrogen (secondary N) is 1. The Balaban J connectivity index is 1.26. The topological polar surface area (TPSA) is 92.2 Å². The lowest BCUT2D eigenvalue weighted by molar-refractivity contribution is -0.217. The summed E-state index contributed by atoms with van der Waals surface area (Å²) in [6.07, 6.45) is 15.8. The number of hydrogen-bond donors (Lipinski definition) is 1. The molecule has 0 bridgehead atoms. The third-order valence-electron chi connectivity index (χ3n) is 13.9. The Labute approximate surface area is 300 Å². The molecule has 50 heavy (non-hydrogen) atoms. The van der Waals surface area contributed by atoms with Gasteiger partial charge in [0.1, 0.15) is 0 Å². The Hall–Kier alpha value is -2.61. The van der Waals surface area contributed by atoms with Gasteiger partial charge in [-0.1, -0.05) is 69.9 Å². The van der Waals surface area contributed by atoms with Crippen molar-refractivity contribution in [2.45, 2.75) is 139 Å². The smallest absolute Gasteiger partial charge is 0.246 e. The maximum atomic E-state index is 15.3. The molecule has 9 nitrogen and oxygen atoms in total. The monoisotopic (exact) mass is 684 g/mol. The molecule has 0 aromatic heterocycles. The van der Waals surface area contributed by atoms with E-state index in [0.29, 0.717) is 44.1 Å². The van der Waals surface area contributed by atoms with Gasteiger partial charge in [0, 0.05) is 43.1 Å². The van der Waals surface area contributed by atoms with Gasteiger partial charge in [0.2, 0.25) is 5.91 Å². The number of amides is 1. The van der Waals surface area contributed by atoms with E-state index in [1.807, 2.05) is 4.90 Å². The molecule has 9 heteroatoms. The predicted molar refractivity (Wildman–Crippen MR) is 195 cm³/mol. The number of piperazine rings is 1. The molecule has 3 saturated heterocycles. The third kappa shape index (κ3) is 6.72. The number of fused-ring (bicyclic) bond motifs is 2. The van der Waals surface area contributed by atoms with Crippen molar-refractivity contribution in [1.29, 1.82) is 5.26 Å². The number of carbonyl (C=O) groups is 2. The number of nitrogens with zero attached hydrogens (tertiary/aromatic N) is 5. The van der Waals surface area contributed by atoms with Crippen molar-refractivity contribution in [2.75, 3.05) is 39.8 Å². The van der Waals surface area contributed by atoms with Gasteiger partial charge in [0.25, 0.3) is 0 Å². The summed E-state index contributed by atoms with van der Waals surface area (Å²) >= 11 is 0. The van der Waals surface area contributed by atoms with Crippen molar-refractivity contribution in [2.24, 2.45) is 11.3 Å². The van der Waals surface area contributed by atoms with Gasteiger partial charge in [-0.15, -0.1) is 0 Å². The van der Waals surface area contributed by atoms with Gasteiger partial charge < -0.3 is 14.5 Å². The Kier molecular flexibility index (Phi) is 11.1. The molecule has 6 aliphatic rings. The van der Waals surface area contributed by atoms with Gasteiger partial charge in [0.05, 0.1) is 37.3 Å². The molecular weight excluding hydrogens is 624 g/mol. The zero-order chi connectivity index (χ0) is 34.8. The molecule has 3 aliphatic heterocycles. The first-order valence-corrected chi connectivity index (χ1v) is 19.9. The first kappa shape index (κ1) is 35.8. The van der Waals surface area contributed by atoms with Crippen LogP contribution in [0, 0.1) is 22.7 Å². The molecule has 7 rings (SSSR count). The van der Waals surface area contributed by atoms with E-state index in [0.717, 1.165) is 51.5 Å². The zero-order valence-corrected chi connectivity index (χ0v) is 30.6. The van der Waals surface area contributed by atoms with Crippen LogP contribution in [0.4, 0.5) is 0 Å². The summed E-state index contributed by atoms with van der Waals surface area (Å²) in [6.45, 7) is 9.68. The Morgan fingerprint density at radius 3 is 2.56 bits per heavy atom. The van der Waals surface area contributed by atoms with Crippen LogP contribution in [0.1, 0.15) is 107 Å². The fourth-order valence-corrected chi connectivity index (χ4v) is 11.0. The number of carbonyl (C=O) groups excluding carboxylic acids is 2. The highest BCUT2D eigenvalue weighted by Crippen LogP contribution is 2.55. The van der Waals surface area contributed by atoms with E-state index in [1.54, 1.807) is 0 Å². The van der Waals surface area contributed by atoms with E-state index >= 15 is 4.79 Å². The second kappa shape index (κ2) is 15.6. The van der Waals surface area contributed by atoms with Gasteiger partial charge in [-0.25, -0.2) is 4.90 Å². The summed E-state index contributed by atoms with van der Waals surface area (Å²) in [6, 6.07) is 11.3. The Morgan fingerprint density at radius 2 is 1.82 bits per heavy atom. The Bertz CT molecular complexity index is 1420. The lowest BCUT2D eigenvalue weighted by Crippen LogP contribution is -2.77. The molecule has 5 fully saturated rings. The van der Waals surface area contributed by atoms with Crippen LogP contribution >= 0.6 is 0 Å². The number of ketones is 1. The molecule has 2 saturated carbocycles. The number of hydrogen-bond acceptors (Lipinski definition) is 8. The van der Waals surface area contributed by atoms with Crippen molar-refractivity contribution in [3.63, 3.8) is 0 Å². The van der Waals surface area contributed by atoms with Crippen LogP contribution in [0.15, 0.2) is 36.9 Å². The molecule has 0 radical (unpaired) electrons. The summed E-state index contributed by atoms with van der Waals surface area (Å²) < 4.78 is 7.07. The lowest BCUT2D eigenvalue weighted by Gasteiger charge is -2.61. The molecule has 1 N–H and O–H groups in total. The molecule has 1 spiro atoms. The van der Waals surface area contributed by atoms with E-state index in [9.17, 15) is 10.1 Å². The molecule has 8 atom stereocenters. The molecule has 7 unspecified atom stereocenters. The summed E-state index contributed by atoms with van der Waals surface area (Å²) in [4.78, 5) is 37.7. The number of nitriles is 1. The van der Waals surface area contributed by atoms with Gasteiger partial charge in [-0.05, 0) is 88.1 Å². The van der Waals surface area contributed by atoms with E-state index in [4.69, 9.17) is 4.74 Å². The number of likely N-dealkylation sites (N-methyl/N-ethyl adjacent to an activating group) is 1. The van der Waals surface area contributed by atoms with Crippen LogP contribution in [-0.2, 0) is 20.7 Å². The second-order valence-corrected chi connectivity index (χ2v) is 16.4. The summed E-state index contributed by atoms with van der Waals surface area (Å²) in [5.74, 6) is 0.540. The molecule has 3 aliphatic carbocycles. The molecule has 1 aromatic rings. The fourth-order valence-electron chi connectivity index (χ4n) is 11.0. The summed E-state index contributed by atoms with van der Waals surface area (Å²) in [5, 5.41) is 13.8. The van der Waals surface area contributed by atoms with Crippen molar-refractivity contribution in [3.8, 4) is 6.07 Å². The highest BCUT2D eigenvalue weighted by atomic mass is 16.5. The maximum absolute atomic E-state index is 15.3. The van der Waals surface area contributed by atoms with Crippen molar-refractivity contribution in [1.82, 2.24) is 24.9 Å². The standard InChI is InChI=1S/C41H60N6O3/c1-4-36(48)46-26-25-45(27-32(46)20-23-42)39-35-19-22-41(21-18-30-13-10-11-17-34(30)29(41)2)38(49)37(35)43-40(50-28-33-16-12-24-44(33)3)47(39)31-14-8-6-5-7-9-15-31/h4,10-11,13,17,29,31-33,35,37,39-40,43H,1,5-9,12,14-16,18-22,24-28H2,2-3H3/t29?,32?,33?,35?,37?,39?,40?,41-/m1/s1. The van der Waals surface area contributed by atoms with E-state index in [2.05, 4.69) is 70.9 Å². The number of rotatable bonds is 7. The largest absolute Gasteiger partial charge is 0.348 e. The van der Waals surface area contributed by atoms with E-state index in [-0.39, 0.29) is 54.2 Å².